The first kappa shape index (κ1) is 13.0. The maximum atomic E-state index is 5.81. The van der Waals surface area contributed by atoms with Gasteiger partial charge in [0.25, 0.3) is 0 Å². The van der Waals surface area contributed by atoms with Crippen LogP contribution in [0.1, 0.15) is 6.42 Å². The molecule has 0 bridgehead atoms. The number of benzene rings is 1. The van der Waals surface area contributed by atoms with E-state index in [9.17, 15) is 0 Å². The first-order valence-corrected chi connectivity index (χ1v) is 6.47. The first-order valence-electron chi connectivity index (χ1n) is 6.47. The lowest BCUT2D eigenvalue weighted by molar-refractivity contribution is -0.0317. The number of ether oxygens (including phenoxy) is 2. The minimum Gasteiger partial charge on any atom is -0.399 e. The maximum Gasteiger partial charge on any atom is 0.182 e. The van der Waals surface area contributed by atoms with E-state index < -0.39 is 0 Å². The summed E-state index contributed by atoms with van der Waals surface area (Å²) in [5.74, 6) is 0.681. The Morgan fingerprint density at radius 2 is 2.40 bits per heavy atom. The van der Waals surface area contributed by atoms with Gasteiger partial charge in [0.15, 0.2) is 5.82 Å². The zero-order chi connectivity index (χ0) is 14.0. The molecule has 0 amide bonds. The molecule has 20 heavy (non-hydrogen) atoms. The summed E-state index contributed by atoms with van der Waals surface area (Å²) in [6.07, 6.45) is 0.833. The molecule has 0 aliphatic carbocycles. The molecule has 2 N–H and O–H groups in total. The van der Waals surface area contributed by atoms with Crippen LogP contribution in [0.15, 0.2) is 24.3 Å². The molecule has 1 saturated heterocycles. The van der Waals surface area contributed by atoms with Crippen molar-refractivity contribution in [3.05, 3.63) is 24.3 Å². The fraction of sp³-hybridized carbons (Fsp3) is 0.462. The van der Waals surface area contributed by atoms with Crippen LogP contribution in [0.4, 0.5) is 5.69 Å². The predicted octanol–water partition coefficient (Wildman–Crippen LogP) is 0.728. The van der Waals surface area contributed by atoms with Gasteiger partial charge in [0, 0.05) is 31.4 Å². The van der Waals surface area contributed by atoms with Gasteiger partial charge in [-0.25, -0.2) is 4.68 Å². The predicted molar refractivity (Wildman–Crippen MR) is 72.8 cm³/mol. The number of tetrazole rings is 1. The molecule has 0 spiro atoms. The lowest BCUT2D eigenvalue weighted by atomic mass is 10.0. The highest BCUT2D eigenvalue weighted by atomic mass is 16.5. The van der Waals surface area contributed by atoms with Crippen LogP contribution in [0.25, 0.3) is 11.4 Å². The summed E-state index contributed by atoms with van der Waals surface area (Å²) >= 11 is 0. The van der Waals surface area contributed by atoms with Crippen LogP contribution in [0.2, 0.25) is 0 Å². The molecule has 1 aliphatic heterocycles. The van der Waals surface area contributed by atoms with E-state index in [1.165, 1.54) is 0 Å². The van der Waals surface area contributed by atoms with Gasteiger partial charge in [-0.2, -0.15) is 0 Å². The Labute approximate surface area is 116 Å². The number of rotatable bonds is 4. The van der Waals surface area contributed by atoms with E-state index >= 15 is 0 Å². The molecule has 1 atom stereocenters. The van der Waals surface area contributed by atoms with Gasteiger partial charge in [-0.05, 0) is 22.6 Å². The zero-order valence-electron chi connectivity index (χ0n) is 11.3. The van der Waals surface area contributed by atoms with Crippen molar-refractivity contribution in [1.82, 2.24) is 20.2 Å². The first-order chi connectivity index (χ1) is 9.72. The van der Waals surface area contributed by atoms with Crippen molar-refractivity contribution in [2.45, 2.75) is 18.6 Å². The van der Waals surface area contributed by atoms with E-state index in [4.69, 9.17) is 15.2 Å². The summed E-state index contributed by atoms with van der Waals surface area (Å²) in [7, 11) is 1.69. The van der Waals surface area contributed by atoms with Gasteiger partial charge < -0.3 is 15.2 Å². The van der Waals surface area contributed by atoms with Crippen LogP contribution < -0.4 is 5.73 Å². The highest BCUT2D eigenvalue weighted by Gasteiger charge is 2.36. The van der Waals surface area contributed by atoms with Crippen LogP contribution >= 0.6 is 0 Å². The number of methoxy groups -OCH3 is 1. The number of nitrogen functional groups attached to an aromatic ring is 1. The summed E-state index contributed by atoms with van der Waals surface area (Å²) in [6, 6.07) is 7.50. The van der Waals surface area contributed by atoms with E-state index in [2.05, 4.69) is 15.5 Å². The lowest BCUT2D eigenvalue weighted by Crippen LogP contribution is -2.37. The van der Waals surface area contributed by atoms with E-state index in [0.29, 0.717) is 31.3 Å². The van der Waals surface area contributed by atoms with Gasteiger partial charge >= 0.3 is 0 Å². The smallest absolute Gasteiger partial charge is 0.182 e. The van der Waals surface area contributed by atoms with Crippen LogP contribution in [0, 0.1) is 0 Å². The van der Waals surface area contributed by atoms with Gasteiger partial charge in [-0.3, -0.25) is 0 Å². The summed E-state index contributed by atoms with van der Waals surface area (Å²) in [5, 5.41) is 11.9. The van der Waals surface area contributed by atoms with Crippen molar-refractivity contribution < 1.29 is 9.47 Å². The van der Waals surface area contributed by atoms with E-state index in [1.54, 1.807) is 11.8 Å². The van der Waals surface area contributed by atoms with Crippen molar-refractivity contribution in [2.24, 2.45) is 0 Å². The van der Waals surface area contributed by atoms with Crippen LogP contribution in [-0.4, -0.2) is 46.1 Å². The third-order valence-corrected chi connectivity index (χ3v) is 3.61. The molecule has 3 rings (SSSR count). The number of nitrogens with two attached hydrogens (primary N) is 1. The van der Waals surface area contributed by atoms with Crippen LogP contribution in [-0.2, 0) is 16.0 Å². The number of nitrogens with zero attached hydrogens (tertiary/aromatic N) is 4. The molecule has 1 aromatic carbocycles. The molecule has 106 valence electrons. The Morgan fingerprint density at radius 1 is 1.50 bits per heavy atom. The molecule has 0 radical (unpaired) electrons. The number of hydrogen-bond acceptors (Lipinski definition) is 6. The summed E-state index contributed by atoms with van der Waals surface area (Å²) in [5.41, 5.74) is 7.02. The monoisotopic (exact) mass is 275 g/mol. The normalized spacial score (nSPS) is 22.2. The third-order valence-electron chi connectivity index (χ3n) is 3.61. The largest absolute Gasteiger partial charge is 0.399 e. The zero-order valence-corrected chi connectivity index (χ0v) is 11.3. The minimum atomic E-state index is -0.357. The number of hydrogen-bond donors (Lipinski definition) is 1. The molecule has 1 aliphatic rings. The Balaban J connectivity index is 1.90. The molecule has 2 heterocycles. The van der Waals surface area contributed by atoms with Crippen molar-refractivity contribution >= 4 is 5.69 Å². The molecular formula is C13H17N5O2. The van der Waals surface area contributed by atoms with Crippen LogP contribution in [0.3, 0.4) is 0 Å². The number of aromatic nitrogens is 4. The van der Waals surface area contributed by atoms with Crippen molar-refractivity contribution in [2.75, 3.05) is 26.1 Å². The Morgan fingerprint density at radius 3 is 3.10 bits per heavy atom. The van der Waals surface area contributed by atoms with Gasteiger partial charge in [-0.15, -0.1) is 5.10 Å². The highest BCUT2D eigenvalue weighted by molar-refractivity contribution is 5.60. The Kier molecular flexibility index (Phi) is 3.37. The van der Waals surface area contributed by atoms with Crippen molar-refractivity contribution in [3.8, 4) is 11.4 Å². The van der Waals surface area contributed by atoms with Gasteiger partial charge in [0.2, 0.25) is 0 Å². The average Bonchev–Trinajstić information content (AvgIpc) is 3.09. The quantitative estimate of drug-likeness (QED) is 0.827. The lowest BCUT2D eigenvalue weighted by Gasteiger charge is -2.25. The molecule has 7 nitrogen and oxygen atoms in total. The fourth-order valence-corrected chi connectivity index (χ4v) is 2.41. The Bertz CT molecular complexity index is 592. The molecule has 7 heteroatoms. The average molecular weight is 275 g/mol. The third kappa shape index (κ3) is 2.37. The summed E-state index contributed by atoms with van der Waals surface area (Å²) < 4.78 is 12.8. The minimum absolute atomic E-state index is 0.357. The highest BCUT2D eigenvalue weighted by Crippen LogP contribution is 2.26. The topological polar surface area (TPSA) is 88.1 Å². The second-order valence-corrected chi connectivity index (χ2v) is 4.98. The number of anilines is 1. The molecule has 1 aromatic heterocycles. The molecule has 0 saturated carbocycles. The van der Waals surface area contributed by atoms with Crippen molar-refractivity contribution in [3.63, 3.8) is 0 Å². The Hall–Kier alpha value is -1.99. The SMILES string of the molecule is COC1(Cn2nnnc2-c2cccc(N)c2)CCOC1. The van der Waals surface area contributed by atoms with E-state index in [-0.39, 0.29) is 5.60 Å². The van der Waals surface area contributed by atoms with Gasteiger partial charge in [0.05, 0.1) is 13.2 Å². The van der Waals surface area contributed by atoms with Gasteiger partial charge in [-0.1, -0.05) is 12.1 Å². The molecule has 1 fully saturated rings. The molecule has 1 unspecified atom stereocenters. The standard InChI is InChI=1S/C13H17N5O2/c1-19-13(5-6-20-9-13)8-18-12(15-16-17-18)10-3-2-4-11(14)7-10/h2-4,7H,5-6,8-9,14H2,1H3. The second kappa shape index (κ2) is 5.18. The summed E-state index contributed by atoms with van der Waals surface area (Å²) in [4.78, 5) is 0. The van der Waals surface area contributed by atoms with Crippen LogP contribution in [0.5, 0.6) is 0 Å². The van der Waals surface area contributed by atoms with Gasteiger partial charge in [0.1, 0.15) is 5.60 Å². The molecular weight excluding hydrogens is 258 g/mol. The molecule has 2 aromatic rings. The van der Waals surface area contributed by atoms with E-state index in [1.807, 2.05) is 24.3 Å². The fourth-order valence-electron chi connectivity index (χ4n) is 2.41. The maximum absolute atomic E-state index is 5.81. The summed E-state index contributed by atoms with van der Waals surface area (Å²) in [6.45, 7) is 1.81. The second-order valence-electron chi connectivity index (χ2n) is 4.98. The van der Waals surface area contributed by atoms with Crippen molar-refractivity contribution in [1.29, 1.82) is 0 Å². The van der Waals surface area contributed by atoms with E-state index in [0.717, 1.165) is 12.0 Å².